The number of nitrogens with one attached hydrogen (secondary N) is 2. The molecule has 140 valence electrons. The molecule has 0 fully saturated rings. The first-order valence-corrected chi connectivity index (χ1v) is 8.28. The molecule has 28 heavy (non-hydrogen) atoms. The highest BCUT2D eigenvalue weighted by molar-refractivity contribution is 6.09. The van der Waals surface area contributed by atoms with Gasteiger partial charge in [-0.15, -0.1) is 0 Å². The van der Waals surface area contributed by atoms with Crippen molar-refractivity contribution in [1.29, 1.82) is 0 Å². The minimum Gasteiger partial charge on any atom is -0.321 e. The van der Waals surface area contributed by atoms with Crippen LogP contribution in [0, 0.1) is 11.6 Å². The van der Waals surface area contributed by atoms with Crippen LogP contribution in [0.3, 0.4) is 0 Å². The number of para-hydroxylation sites is 1. The first-order chi connectivity index (χ1) is 13.5. The number of halogens is 2. The van der Waals surface area contributed by atoms with Gasteiger partial charge in [0.2, 0.25) is 0 Å². The number of carbonyl (C=O) groups excluding carboxylic acids is 2. The summed E-state index contributed by atoms with van der Waals surface area (Å²) in [6, 6.07) is 17.3. The number of amides is 2. The van der Waals surface area contributed by atoms with Gasteiger partial charge in [0.15, 0.2) is 0 Å². The molecule has 0 aliphatic carbocycles. The Morgan fingerprint density at radius 2 is 1.54 bits per heavy atom. The fourth-order valence-electron chi connectivity index (χ4n) is 2.43. The average molecular weight is 379 g/mol. The van der Waals surface area contributed by atoms with Crippen LogP contribution in [0.25, 0.3) is 0 Å². The lowest BCUT2D eigenvalue weighted by Gasteiger charge is -2.10. The molecule has 0 bridgehead atoms. The molecule has 0 unspecified atom stereocenters. The molecule has 0 saturated carbocycles. The maximum atomic E-state index is 13.3. The monoisotopic (exact) mass is 379 g/mol. The minimum absolute atomic E-state index is 0.124. The van der Waals surface area contributed by atoms with E-state index in [9.17, 15) is 18.4 Å². The number of nitrogens with zero attached hydrogens (tertiary/aromatic N) is 1. The second kappa shape index (κ2) is 8.68. The molecule has 0 radical (unpaired) electrons. The maximum absolute atomic E-state index is 13.3. The largest absolute Gasteiger partial charge is 0.321 e. The number of hydrogen-bond donors (Lipinski definition) is 2. The Bertz CT molecular complexity index is 1050. The molecule has 0 aliphatic heterocycles. The second-order valence-corrected chi connectivity index (χ2v) is 5.76. The van der Waals surface area contributed by atoms with Crippen LogP contribution < -0.4 is 10.7 Å². The van der Waals surface area contributed by atoms with Crippen LogP contribution in [0.4, 0.5) is 14.5 Å². The van der Waals surface area contributed by atoms with Gasteiger partial charge in [-0.05, 0) is 48.0 Å². The lowest BCUT2D eigenvalue weighted by molar-refractivity contribution is 0.0956. The molecule has 0 heterocycles. The summed E-state index contributed by atoms with van der Waals surface area (Å²) in [7, 11) is 0. The molecule has 3 aromatic carbocycles. The summed E-state index contributed by atoms with van der Waals surface area (Å²) in [6.07, 6.45) is 1.30. The van der Waals surface area contributed by atoms with Crippen LogP contribution in [0.15, 0.2) is 77.9 Å². The van der Waals surface area contributed by atoms with Crippen molar-refractivity contribution in [2.24, 2.45) is 5.10 Å². The van der Waals surface area contributed by atoms with Crippen LogP contribution >= 0.6 is 0 Å². The van der Waals surface area contributed by atoms with E-state index in [4.69, 9.17) is 0 Å². The van der Waals surface area contributed by atoms with E-state index in [1.807, 2.05) is 0 Å². The zero-order valence-corrected chi connectivity index (χ0v) is 14.5. The number of anilines is 1. The van der Waals surface area contributed by atoms with Crippen molar-refractivity contribution >= 4 is 23.7 Å². The van der Waals surface area contributed by atoms with Crippen LogP contribution in [0.1, 0.15) is 26.3 Å². The van der Waals surface area contributed by atoms with Gasteiger partial charge in [-0.1, -0.05) is 30.3 Å². The van der Waals surface area contributed by atoms with Gasteiger partial charge in [-0.3, -0.25) is 9.59 Å². The summed E-state index contributed by atoms with van der Waals surface area (Å²) in [5.41, 5.74) is 3.35. The molecule has 0 atom stereocenters. The summed E-state index contributed by atoms with van der Waals surface area (Å²) in [4.78, 5) is 24.7. The van der Waals surface area contributed by atoms with E-state index in [1.54, 1.807) is 24.3 Å². The standard InChI is InChI=1S/C21H15F2N3O2/c22-16-7-3-5-14(11-16)13-24-26-21(28)18-9-1-2-10-19(18)25-20(27)15-6-4-8-17(23)12-15/h1-13H,(H,25,27)(H,26,28). The lowest BCUT2D eigenvalue weighted by Crippen LogP contribution is -2.21. The highest BCUT2D eigenvalue weighted by Gasteiger charge is 2.14. The maximum Gasteiger partial charge on any atom is 0.273 e. The Morgan fingerprint density at radius 3 is 2.29 bits per heavy atom. The molecule has 0 spiro atoms. The van der Waals surface area contributed by atoms with Crippen molar-refractivity contribution in [1.82, 2.24) is 5.43 Å². The predicted molar refractivity (Wildman–Crippen MR) is 102 cm³/mol. The third kappa shape index (κ3) is 4.85. The number of benzene rings is 3. The molecular formula is C21H15F2N3O2. The normalized spacial score (nSPS) is 10.6. The zero-order valence-electron chi connectivity index (χ0n) is 14.5. The van der Waals surface area contributed by atoms with E-state index >= 15 is 0 Å². The SMILES string of the molecule is O=C(Nc1ccccc1C(=O)NN=Cc1cccc(F)c1)c1cccc(F)c1. The molecule has 5 nitrogen and oxygen atoms in total. The molecular weight excluding hydrogens is 364 g/mol. The number of rotatable bonds is 5. The van der Waals surface area contributed by atoms with Crippen LogP contribution in [-0.4, -0.2) is 18.0 Å². The molecule has 3 rings (SSSR count). The van der Waals surface area contributed by atoms with Gasteiger partial charge in [0.05, 0.1) is 17.5 Å². The molecule has 0 saturated heterocycles. The quantitative estimate of drug-likeness (QED) is 0.520. The highest BCUT2D eigenvalue weighted by atomic mass is 19.1. The third-order valence-corrected chi connectivity index (χ3v) is 3.74. The van der Waals surface area contributed by atoms with Crippen molar-refractivity contribution in [2.75, 3.05) is 5.32 Å². The van der Waals surface area contributed by atoms with E-state index in [0.717, 1.165) is 6.07 Å². The van der Waals surface area contributed by atoms with Crippen molar-refractivity contribution in [2.45, 2.75) is 0 Å². The average Bonchev–Trinajstić information content (AvgIpc) is 2.68. The first-order valence-electron chi connectivity index (χ1n) is 8.28. The molecule has 2 amide bonds. The topological polar surface area (TPSA) is 70.6 Å². The lowest BCUT2D eigenvalue weighted by atomic mass is 10.1. The van der Waals surface area contributed by atoms with E-state index in [-0.39, 0.29) is 16.8 Å². The Hall–Kier alpha value is -3.87. The summed E-state index contributed by atoms with van der Waals surface area (Å²) in [5.74, 6) is -2.07. The Balaban J connectivity index is 1.72. The number of hydrazone groups is 1. The predicted octanol–water partition coefficient (Wildman–Crippen LogP) is 3.98. The molecule has 0 aliphatic rings. The highest BCUT2D eigenvalue weighted by Crippen LogP contribution is 2.16. The smallest absolute Gasteiger partial charge is 0.273 e. The Labute approximate surface area is 159 Å². The van der Waals surface area contributed by atoms with Crippen molar-refractivity contribution in [3.8, 4) is 0 Å². The van der Waals surface area contributed by atoms with Crippen molar-refractivity contribution < 1.29 is 18.4 Å². The fourth-order valence-corrected chi connectivity index (χ4v) is 2.43. The zero-order chi connectivity index (χ0) is 19.9. The minimum atomic E-state index is -0.567. The van der Waals surface area contributed by atoms with Crippen molar-refractivity contribution in [3.63, 3.8) is 0 Å². The van der Waals surface area contributed by atoms with Gasteiger partial charge in [-0.2, -0.15) is 5.10 Å². The molecule has 3 aromatic rings. The summed E-state index contributed by atoms with van der Waals surface area (Å²) in [5, 5.41) is 6.38. The van der Waals surface area contributed by atoms with E-state index < -0.39 is 23.4 Å². The van der Waals surface area contributed by atoms with Crippen LogP contribution in [0.2, 0.25) is 0 Å². The summed E-state index contributed by atoms with van der Waals surface area (Å²) in [6.45, 7) is 0. The van der Waals surface area contributed by atoms with Gasteiger partial charge in [0.1, 0.15) is 11.6 Å². The van der Waals surface area contributed by atoms with Gasteiger partial charge >= 0.3 is 0 Å². The fraction of sp³-hybridized carbons (Fsp3) is 0. The third-order valence-electron chi connectivity index (χ3n) is 3.74. The number of hydrogen-bond acceptors (Lipinski definition) is 3. The first kappa shape index (κ1) is 18.9. The van der Waals surface area contributed by atoms with Gasteiger partial charge < -0.3 is 5.32 Å². The van der Waals surface area contributed by atoms with E-state index in [2.05, 4.69) is 15.8 Å². The summed E-state index contributed by atoms with van der Waals surface area (Å²) >= 11 is 0. The van der Waals surface area contributed by atoms with Crippen LogP contribution in [0.5, 0.6) is 0 Å². The number of carbonyl (C=O) groups is 2. The van der Waals surface area contributed by atoms with Gasteiger partial charge in [0.25, 0.3) is 11.8 Å². The molecule has 2 N–H and O–H groups in total. The molecule has 0 aromatic heterocycles. The Kier molecular flexibility index (Phi) is 5.86. The van der Waals surface area contributed by atoms with Crippen LogP contribution in [-0.2, 0) is 0 Å². The van der Waals surface area contributed by atoms with Gasteiger partial charge in [-0.25, -0.2) is 14.2 Å². The van der Waals surface area contributed by atoms with E-state index in [0.29, 0.717) is 5.56 Å². The second-order valence-electron chi connectivity index (χ2n) is 5.76. The van der Waals surface area contributed by atoms with Crippen molar-refractivity contribution in [3.05, 3.63) is 101 Å². The van der Waals surface area contributed by atoms with E-state index in [1.165, 1.54) is 48.7 Å². The Morgan fingerprint density at radius 1 is 0.821 bits per heavy atom. The van der Waals surface area contributed by atoms with Gasteiger partial charge in [0, 0.05) is 5.56 Å². The molecule has 7 heteroatoms. The summed E-state index contributed by atoms with van der Waals surface area (Å²) < 4.78 is 26.4.